The van der Waals surface area contributed by atoms with Crippen molar-refractivity contribution >= 4 is 11.5 Å². The zero-order chi connectivity index (χ0) is 9.10. The average molecular weight is 177 g/mol. The lowest BCUT2D eigenvalue weighted by Crippen LogP contribution is -2.35. The maximum absolute atomic E-state index is 10.9. The molecule has 0 spiro atoms. The Balaban J connectivity index is 1.83. The van der Waals surface area contributed by atoms with Crippen molar-refractivity contribution in [3.05, 3.63) is 30.3 Å². The van der Waals surface area contributed by atoms with Gasteiger partial charge >= 0.3 is 0 Å². The Labute approximate surface area is 76.7 Å². The van der Waals surface area contributed by atoms with Crippen molar-refractivity contribution in [3.63, 3.8) is 0 Å². The maximum atomic E-state index is 10.9. The number of Topliss-reactive ketones (excluding diaryl/α,β-unsaturated/α-hetero) is 1. The van der Waals surface area contributed by atoms with Gasteiger partial charge in [0.2, 0.25) is 0 Å². The first-order valence-corrected chi connectivity index (χ1v) is 4.36. The highest BCUT2D eigenvalue weighted by atomic mass is 16.7. The fraction of sp³-hybridized carbons (Fsp3) is 0.300. The summed E-state index contributed by atoms with van der Waals surface area (Å²) in [6.45, 7) is 0. The molecule has 1 aliphatic rings. The summed E-state index contributed by atoms with van der Waals surface area (Å²) in [5.74, 6) is 0.184. The molecule has 0 amide bonds. The van der Waals surface area contributed by atoms with E-state index in [1.54, 1.807) is 0 Å². The van der Waals surface area contributed by atoms with E-state index in [9.17, 15) is 4.79 Å². The van der Waals surface area contributed by atoms with Gasteiger partial charge in [0.15, 0.2) is 5.78 Å². The molecule has 1 aromatic rings. The Morgan fingerprint density at radius 2 is 2.08 bits per heavy atom. The fourth-order valence-corrected chi connectivity index (χ4v) is 1.15. The molecule has 13 heavy (non-hydrogen) atoms. The lowest BCUT2D eigenvalue weighted by Gasteiger charge is -2.23. The van der Waals surface area contributed by atoms with Crippen molar-refractivity contribution in [3.8, 4) is 0 Å². The zero-order valence-electron chi connectivity index (χ0n) is 7.19. The number of rotatable bonds is 3. The molecule has 0 heterocycles. The number of anilines is 1. The molecule has 0 bridgehead atoms. The van der Waals surface area contributed by atoms with Crippen LogP contribution in [0.4, 0.5) is 5.69 Å². The minimum absolute atomic E-state index is 0.184. The van der Waals surface area contributed by atoms with E-state index in [0.717, 1.165) is 12.1 Å². The Kier molecular flexibility index (Phi) is 2.27. The van der Waals surface area contributed by atoms with Crippen molar-refractivity contribution < 1.29 is 9.63 Å². The van der Waals surface area contributed by atoms with Gasteiger partial charge in [0.1, 0.15) is 6.10 Å². The minimum atomic E-state index is -0.236. The first-order valence-electron chi connectivity index (χ1n) is 4.36. The van der Waals surface area contributed by atoms with Gasteiger partial charge < -0.3 is 0 Å². The number of benzene rings is 1. The molecular formula is C10H11NO2. The van der Waals surface area contributed by atoms with Crippen molar-refractivity contribution in [1.82, 2.24) is 0 Å². The number of hydrogen-bond acceptors (Lipinski definition) is 3. The van der Waals surface area contributed by atoms with Crippen molar-refractivity contribution in [2.75, 3.05) is 5.48 Å². The van der Waals surface area contributed by atoms with Crippen LogP contribution in [0.1, 0.15) is 12.8 Å². The average Bonchev–Trinajstić information content (AvgIpc) is 2.17. The van der Waals surface area contributed by atoms with Crippen LogP contribution in [-0.2, 0) is 9.63 Å². The number of carbonyl (C=O) groups is 1. The lowest BCUT2D eigenvalue weighted by atomic mass is 9.95. The van der Waals surface area contributed by atoms with Crippen LogP contribution in [0.25, 0.3) is 0 Å². The van der Waals surface area contributed by atoms with Gasteiger partial charge in [0.25, 0.3) is 0 Å². The number of hydrogen-bond donors (Lipinski definition) is 1. The van der Waals surface area contributed by atoms with Crippen LogP contribution in [0.3, 0.4) is 0 Å². The van der Waals surface area contributed by atoms with Gasteiger partial charge in [0, 0.05) is 6.42 Å². The smallest absolute Gasteiger partial charge is 0.164 e. The third-order valence-corrected chi connectivity index (χ3v) is 2.10. The number of ketones is 1. The highest BCUT2D eigenvalue weighted by molar-refractivity contribution is 5.88. The molecular weight excluding hydrogens is 166 g/mol. The molecule has 3 heteroatoms. The summed E-state index contributed by atoms with van der Waals surface area (Å²) in [6, 6.07) is 9.54. The monoisotopic (exact) mass is 177 g/mol. The standard InChI is InChI=1S/C10H11NO2/c12-9-6-7-10(9)13-11-8-4-2-1-3-5-8/h1-5,10-11H,6-7H2. The molecule has 1 saturated carbocycles. The molecule has 2 rings (SSSR count). The Bertz CT molecular complexity index is 297. The van der Waals surface area contributed by atoms with E-state index in [-0.39, 0.29) is 11.9 Å². The van der Waals surface area contributed by atoms with E-state index in [1.807, 2.05) is 30.3 Å². The van der Waals surface area contributed by atoms with Crippen LogP contribution in [0.2, 0.25) is 0 Å². The van der Waals surface area contributed by atoms with Crippen LogP contribution in [0, 0.1) is 0 Å². The molecule has 1 aliphatic carbocycles. The van der Waals surface area contributed by atoms with Crippen LogP contribution < -0.4 is 5.48 Å². The molecule has 1 N–H and O–H groups in total. The molecule has 0 radical (unpaired) electrons. The van der Waals surface area contributed by atoms with E-state index in [2.05, 4.69) is 5.48 Å². The summed E-state index contributed by atoms with van der Waals surface area (Å²) in [4.78, 5) is 16.1. The van der Waals surface area contributed by atoms with E-state index in [0.29, 0.717) is 6.42 Å². The Hall–Kier alpha value is -1.35. The summed E-state index contributed by atoms with van der Waals surface area (Å²) in [6.07, 6.45) is 1.25. The molecule has 1 unspecified atom stereocenters. The van der Waals surface area contributed by atoms with Crippen molar-refractivity contribution in [2.24, 2.45) is 0 Å². The van der Waals surface area contributed by atoms with Crippen molar-refractivity contribution in [1.29, 1.82) is 0 Å². The summed E-state index contributed by atoms with van der Waals surface area (Å²) < 4.78 is 0. The molecule has 3 nitrogen and oxygen atoms in total. The van der Waals surface area contributed by atoms with Crippen LogP contribution >= 0.6 is 0 Å². The lowest BCUT2D eigenvalue weighted by molar-refractivity contribution is -0.137. The predicted octanol–water partition coefficient (Wildman–Crippen LogP) is 1.76. The molecule has 1 aromatic carbocycles. The fourth-order valence-electron chi connectivity index (χ4n) is 1.15. The van der Waals surface area contributed by atoms with Crippen molar-refractivity contribution in [2.45, 2.75) is 18.9 Å². The summed E-state index contributed by atoms with van der Waals surface area (Å²) in [5.41, 5.74) is 3.63. The molecule has 0 aromatic heterocycles. The van der Waals surface area contributed by atoms with Gasteiger partial charge in [-0.3, -0.25) is 15.1 Å². The maximum Gasteiger partial charge on any atom is 0.164 e. The SMILES string of the molecule is O=C1CCC1ONc1ccccc1. The largest absolute Gasteiger partial charge is 0.297 e. The molecule has 0 aliphatic heterocycles. The normalized spacial score (nSPS) is 20.9. The molecule has 0 saturated heterocycles. The Morgan fingerprint density at radius 1 is 1.31 bits per heavy atom. The quantitative estimate of drug-likeness (QED) is 0.715. The minimum Gasteiger partial charge on any atom is -0.297 e. The highest BCUT2D eigenvalue weighted by Crippen LogP contribution is 2.18. The summed E-state index contributed by atoms with van der Waals surface area (Å²) in [7, 11) is 0. The van der Waals surface area contributed by atoms with E-state index in [1.165, 1.54) is 0 Å². The predicted molar refractivity (Wildman–Crippen MR) is 49.2 cm³/mol. The third-order valence-electron chi connectivity index (χ3n) is 2.10. The van der Waals surface area contributed by atoms with Gasteiger partial charge in [-0.2, -0.15) is 0 Å². The first kappa shape index (κ1) is 8.26. The highest BCUT2D eigenvalue weighted by Gasteiger charge is 2.29. The van der Waals surface area contributed by atoms with Gasteiger partial charge in [0.05, 0.1) is 5.69 Å². The second-order valence-electron chi connectivity index (χ2n) is 3.08. The Morgan fingerprint density at radius 3 is 2.62 bits per heavy atom. The van der Waals surface area contributed by atoms with E-state index >= 15 is 0 Å². The number of carbonyl (C=O) groups excluding carboxylic acids is 1. The number of nitrogens with one attached hydrogen (secondary N) is 1. The molecule has 68 valence electrons. The van der Waals surface area contributed by atoms with Gasteiger partial charge in [-0.15, -0.1) is 0 Å². The number of para-hydroxylation sites is 1. The van der Waals surface area contributed by atoms with Crippen LogP contribution in [0.5, 0.6) is 0 Å². The van der Waals surface area contributed by atoms with Gasteiger partial charge in [-0.1, -0.05) is 18.2 Å². The van der Waals surface area contributed by atoms with E-state index < -0.39 is 0 Å². The van der Waals surface area contributed by atoms with Crippen LogP contribution in [-0.4, -0.2) is 11.9 Å². The topological polar surface area (TPSA) is 38.3 Å². The first-order chi connectivity index (χ1) is 6.36. The summed E-state index contributed by atoms with van der Waals surface area (Å²) >= 11 is 0. The zero-order valence-corrected chi connectivity index (χ0v) is 7.19. The molecule has 1 atom stereocenters. The second-order valence-corrected chi connectivity index (χ2v) is 3.08. The third kappa shape index (κ3) is 1.87. The molecule has 1 fully saturated rings. The van der Waals surface area contributed by atoms with Gasteiger partial charge in [-0.25, -0.2) is 0 Å². The summed E-state index contributed by atoms with van der Waals surface area (Å²) in [5, 5.41) is 0. The second kappa shape index (κ2) is 3.58. The van der Waals surface area contributed by atoms with Gasteiger partial charge in [-0.05, 0) is 18.6 Å². The van der Waals surface area contributed by atoms with Crippen LogP contribution in [0.15, 0.2) is 30.3 Å². The van der Waals surface area contributed by atoms with E-state index in [4.69, 9.17) is 4.84 Å².